The predicted octanol–water partition coefficient (Wildman–Crippen LogP) is 3.02. The number of hydrogen-bond donors (Lipinski definition) is 0. The molecule has 0 aliphatic heterocycles. The molecular formula is C17H17ClN2O7S. The summed E-state index contributed by atoms with van der Waals surface area (Å²) in [6, 6.07) is 8.59. The van der Waals surface area contributed by atoms with Gasteiger partial charge in [-0.15, -0.1) is 0 Å². The molecule has 0 radical (unpaired) electrons. The van der Waals surface area contributed by atoms with Crippen LogP contribution >= 0.6 is 11.6 Å². The van der Waals surface area contributed by atoms with E-state index in [1.54, 1.807) is 6.92 Å². The second-order valence-corrected chi connectivity index (χ2v) is 7.68. The Morgan fingerprint density at radius 2 is 1.86 bits per heavy atom. The monoisotopic (exact) mass is 428 g/mol. The fourth-order valence-corrected chi connectivity index (χ4v) is 3.93. The lowest BCUT2D eigenvalue weighted by molar-refractivity contribution is -0.384. The zero-order valence-electron chi connectivity index (χ0n) is 15.0. The highest BCUT2D eigenvalue weighted by atomic mass is 35.5. The molecule has 0 aromatic heterocycles. The lowest BCUT2D eigenvalue weighted by Gasteiger charge is -2.25. The number of non-ortho nitro benzene ring substituents is 1. The number of benzene rings is 2. The fourth-order valence-electron chi connectivity index (χ4n) is 2.35. The van der Waals surface area contributed by atoms with Crippen molar-refractivity contribution in [3.05, 3.63) is 57.6 Å². The number of carbonyl (C=O) groups is 1. The molecule has 2 aromatic rings. The summed E-state index contributed by atoms with van der Waals surface area (Å²) in [6.45, 7) is 1.02. The molecule has 0 spiro atoms. The first-order valence-corrected chi connectivity index (χ1v) is 9.78. The number of rotatable bonds is 8. The first kappa shape index (κ1) is 21.5. The molecule has 0 unspecified atom stereocenters. The summed E-state index contributed by atoms with van der Waals surface area (Å²) >= 11 is 6.00. The van der Waals surface area contributed by atoms with Crippen LogP contribution in [0.3, 0.4) is 0 Å². The van der Waals surface area contributed by atoms with E-state index in [-0.39, 0.29) is 33.6 Å². The molecule has 0 N–H and O–H groups in total. The summed E-state index contributed by atoms with van der Waals surface area (Å²) < 4.78 is 37.2. The van der Waals surface area contributed by atoms with Gasteiger partial charge in [0.05, 0.1) is 29.2 Å². The second kappa shape index (κ2) is 8.89. The van der Waals surface area contributed by atoms with Gasteiger partial charge in [0.1, 0.15) is 12.3 Å². The average molecular weight is 429 g/mol. The number of anilines is 1. The molecule has 0 heterocycles. The minimum Gasteiger partial charge on any atom is -0.495 e. The highest BCUT2D eigenvalue weighted by Crippen LogP contribution is 2.35. The predicted molar refractivity (Wildman–Crippen MR) is 102 cm³/mol. The zero-order valence-corrected chi connectivity index (χ0v) is 16.6. The van der Waals surface area contributed by atoms with E-state index in [9.17, 15) is 23.3 Å². The Bertz CT molecular complexity index is 978. The minimum absolute atomic E-state index is 0.0291. The van der Waals surface area contributed by atoms with Crippen molar-refractivity contribution in [1.82, 2.24) is 0 Å². The molecule has 0 bridgehead atoms. The Balaban J connectivity index is 2.59. The van der Waals surface area contributed by atoms with E-state index in [4.69, 9.17) is 21.1 Å². The summed E-state index contributed by atoms with van der Waals surface area (Å²) in [5.41, 5.74) is -0.238. The third kappa shape index (κ3) is 4.70. The van der Waals surface area contributed by atoms with E-state index < -0.39 is 27.5 Å². The molecular weight excluding hydrogens is 412 g/mol. The maximum atomic E-state index is 13.2. The normalized spacial score (nSPS) is 11.0. The molecule has 0 saturated carbocycles. The van der Waals surface area contributed by atoms with Crippen LogP contribution in [0.15, 0.2) is 47.4 Å². The maximum absolute atomic E-state index is 13.2. The van der Waals surface area contributed by atoms with Gasteiger partial charge in [-0.3, -0.25) is 19.2 Å². The molecule has 0 amide bonds. The Kier molecular flexibility index (Phi) is 6.81. The number of nitrogens with zero attached hydrogens (tertiary/aromatic N) is 2. The zero-order chi connectivity index (χ0) is 20.9. The summed E-state index contributed by atoms with van der Waals surface area (Å²) in [4.78, 5) is 22.0. The van der Waals surface area contributed by atoms with Crippen molar-refractivity contribution < 1.29 is 27.6 Å². The van der Waals surface area contributed by atoms with Crippen LogP contribution < -0.4 is 9.04 Å². The summed E-state index contributed by atoms with van der Waals surface area (Å²) in [5, 5.41) is 11.0. The van der Waals surface area contributed by atoms with Gasteiger partial charge in [-0.2, -0.15) is 0 Å². The Morgan fingerprint density at radius 3 is 2.39 bits per heavy atom. The van der Waals surface area contributed by atoms with Crippen molar-refractivity contribution in [2.75, 3.05) is 24.6 Å². The Hall–Kier alpha value is -2.85. The molecule has 11 heteroatoms. The van der Waals surface area contributed by atoms with Crippen LogP contribution in [-0.4, -0.2) is 39.6 Å². The van der Waals surface area contributed by atoms with E-state index in [2.05, 4.69) is 0 Å². The average Bonchev–Trinajstić information content (AvgIpc) is 2.66. The van der Waals surface area contributed by atoms with Crippen molar-refractivity contribution in [3.63, 3.8) is 0 Å². The molecule has 0 atom stereocenters. The third-order valence-corrected chi connectivity index (χ3v) is 5.63. The quantitative estimate of drug-likeness (QED) is 0.360. The lowest BCUT2D eigenvalue weighted by atomic mass is 10.3. The smallest absolute Gasteiger partial charge is 0.326 e. The standard InChI is InChI=1S/C17H17ClN2O7S/c1-3-27-17(21)11-19(15-10-12(18)4-9-16(15)26-2)28(24,25)14-7-5-13(6-8-14)20(22)23/h4-10H,3,11H2,1-2H3. The number of nitro benzene ring substituents is 1. The van der Waals surface area contributed by atoms with Crippen LogP contribution in [-0.2, 0) is 19.6 Å². The number of halogens is 1. The third-order valence-electron chi connectivity index (χ3n) is 3.62. The van der Waals surface area contributed by atoms with Gasteiger partial charge in [0.25, 0.3) is 15.7 Å². The van der Waals surface area contributed by atoms with E-state index in [1.165, 1.54) is 25.3 Å². The van der Waals surface area contributed by atoms with Crippen LogP contribution in [0.1, 0.15) is 6.92 Å². The maximum Gasteiger partial charge on any atom is 0.326 e. The number of nitro groups is 1. The van der Waals surface area contributed by atoms with E-state index in [0.717, 1.165) is 28.6 Å². The van der Waals surface area contributed by atoms with Gasteiger partial charge in [-0.1, -0.05) is 11.6 Å². The number of hydrogen-bond acceptors (Lipinski definition) is 7. The SMILES string of the molecule is CCOC(=O)CN(c1cc(Cl)ccc1OC)S(=O)(=O)c1ccc([N+](=O)[O-])cc1. The molecule has 0 aliphatic rings. The fraction of sp³-hybridized carbons (Fsp3) is 0.235. The largest absolute Gasteiger partial charge is 0.495 e. The summed E-state index contributed by atoms with van der Waals surface area (Å²) in [7, 11) is -2.95. The van der Waals surface area contributed by atoms with Gasteiger partial charge < -0.3 is 9.47 Å². The molecule has 2 aromatic carbocycles. The molecule has 2 rings (SSSR count). The first-order chi connectivity index (χ1) is 13.2. The van der Waals surface area contributed by atoms with Gasteiger partial charge >= 0.3 is 5.97 Å². The van der Waals surface area contributed by atoms with Crippen molar-refractivity contribution in [1.29, 1.82) is 0 Å². The van der Waals surface area contributed by atoms with E-state index in [1.807, 2.05) is 0 Å². The van der Waals surface area contributed by atoms with Gasteiger partial charge in [0.15, 0.2) is 0 Å². The van der Waals surface area contributed by atoms with Crippen molar-refractivity contribution >= 4 is 39.0 Å². The van der Waals surface area contributed by atoms with E-state index in [0.29, 0.717) is 0 Å². The summed E-state index contributed by atoms with van der Waals surface area (Å²) in [5.74, 6) is -0.616. The number of ether oxygens (including phenoxy) is 2. The number of carbonyl (C=O) groups excluding carboxylic acids is 1. The Morgan fingerprint density at radius 1 is 1.21 bits per heavy atom. The molecule has 9 nitrogen and oxygen atoms in total. The van der Waals surface area contributed by atoms with Gasteiger partial charge in [0, 0.05) is 17.2 Å². The molecule has 0 fully saturated rings. The first-order valence-electron chi connectivity index (χ1n) is 7.97. The van der Waals surface area contributed by atoms with Crippen LogP contribution in [0.5, 0.6) is 5.75 Å². The highest BCUT2D eigenvalue weighted by molar-refractivity contribution is 7.92. The Labute approximate surface area is 166 Å². The van der Waals surface area contributed by atoms with Gasteiger partial charge in [0.2, 0.25) is 0 Å². The van der Waals surface area contributed by atoms with Crippen LogP contribution in [0.25, 0.3) is 0 Å². The van der Waals surface area contributed by atoms with Crippen LogP contribution in [0.2, 0.25) is 5.02 Å². The van der Waals surface area contributed by atoms with E-state index >= 15 is 0 Å². The number of sulfonamides is 1. The van der Waals surface area contributed by atoms with Crippen LogP contribution in [0.4, 0.5) is 11.4 Å². The van der Waals surface area contributed by atoms with Gasteiger partial charge in [-0.05, 0) is 37.3 Å². The molecule has 28 heavy (non-hydrogen) atoms. The lowest BCUT2D eigenvalue weighted by Crippen LogP contribution is -2.37. The van der Waals surface area contributed by atoms with Crippen molar-refractivity contribution in [2.24, 2.45) is 0 Å². The van der Waals surface area contributed by atoms with Crippen molar-refractivity contribution in [3.8, 4) is 5.75 Å². The van der Waals surface area contributed by atoms with Gasteiger partial charge in [-0.25, -0.2) is 8.42 Å². The van der Waals surface area contributed by atoms with Crippen molar-refractivity contribution in [2.45, 2.75) is 11.8 Å². The topological polar surface area (TPSA) is 116 Å². The molecule has 0 saturated heterocycles. The number of methoxy groups -OCH3 is 1. The second-order valence-electron chi connectivity index (χ2n) is 5.38. The molecule has 0 aliphatic carbocycles. The molecule has 150 valence electrons. The summed E-state index contributed by atoms with van der Waals surface area (Å²) in [6.07, 6.45) is 0. The highest BCUT2D eigenvalue weighted by Gasteiger charge is 2.30. The van der Waals surface area contributed by atoms with Crippen LogP contribution in [0, 0.1) is 10.1 Å². The minimum atomic E-state index is -4.29. The number of esters is 1.